The van der Waals surface area contributed by atoms with Crippen molar-refractivity contribution in [1.82, 2.24) is 19.8 Å². The van der Waals surface area contributed by atoms with Crippen molar-refractivity contribution >= 4 is 5.91 Å². The molecule has 0 spiro atoms. The fourth-order valence-electron chi connectivity index (χ4n) is 4.51. The number of hydrogen-bond donors (Lipinski definition) is 1. The molecule has 168 valence electrons. The number of likely N-dealkylation sites (tertiary alicyclic amines) is 1. The van der Waals surface area contributed by atoms with Gasteiger partial charge in [-0.3, -0.25) is 4.79 Å². The Bertz CT molecular complexity index is 937. The lowest BCUT2D eigenvalue weighted by molar-refractivity contribution is 0.0724. The summed E-state index contributed by atoms with van der Waals surface area (Å²) in [6.07, 6.45) is 4.06. The number of rotatable bonds is 8. The van der Waals surface area contributed by atoms with Gasteiger partial charge in [-0.1, -0.05) is 38.1 Å². The van der Waals surface area contributed by atoms with Gasteiger partial charge in [-0.2, -0.15) is 4.98 Å². The lowest BCUT2D eigenvalue weighted by Gasteiger charge is -2.34. The summed E-state index contributed by atoms with van der Waals surface area (Å²) in [6, 6.07) is 10.3. The molecule has 0 bridgehead atoms. The SMILES string of the molecule is Cc1ccccc1CCN1CCCC(CN(C)C(=O)c2cc(CC(C)C)[nH]c(=O)n2)C1. The van der Waals surface area contributed by atoms with Gasteiger partial charge in [0, 0.05) is 32.4 Å². The summed E-state index contributed by atoms with van der Waals surface area (Å²) >= 11 is 0. The van der Waals surface area contributed by atoms with Gasteiger partial charge in [0.05, 0.1) is 0 Å². The van der Waals surface area contributed by atoms with Crippen molar-refractivity contribution in [2.24, 2.45) is 11.8 Å². The summed E-state index contributed by atoms with van der Waals surface area (Å²) in [6.45, 7) is 10.2. The fourth-order valence-corrected chi connectivity index (χ4v) is 4.51. The van der Waals surface area contributed by atoms with Crippen LogP contribution in [0.15, 0.2) is 35.1 Å². The highest BCUT2D eigenvalue weighted by atomic mass is 16.2. The van der Waals surface area contributed by atoms with Gasteiger partial charge in [-0.05, 0) is 68.2 Å². The van der Waals surface area contributed by atoms with Crippen molar-refractivity contribution in [3.05, 3.63) is 63.3 Å². The topological polar surface area (TPSA) is 69.3 Å². The number of piperidine rings is 1. The van der Waals surface area contributed by atoms with E-state index >= 15 is 0 Å². The molecule has 1 atom stereocenters. The van der Waals surface area contributed by atoms with Crippen LogP contribution in [0.1, 0.15) is 54.0 Å². The Hall–Kier alpha value is -2.47. The first-order chi connectivity index (χ1) is 14.8. The van der Waals surface area contributed by atoms with E-state index in [9.17, 15) is 9.59 Å². The number of amides is 1. The summed E-state index contributed by atoms with van der Waals surface area (Å²) in [7, 11) is 1.82. The van der Waals surface area contributed by atoms with Crippen molar-refractivity contribution in [3.63, 3.8) is 0 Å². The first-order valence-electron chi connectivity index (χ1n) is 11.4. The molecule has 1 fully saturated rings. The molecule has 0 saturated carbocycles. The monoisotopic (exact) mass is 424 g/mol. The highest BCUT2D eigenvalue weighted by Crippen LogP contribution is 2.19. The molecular weight excluding hydrogens is 388 g/mol. The first kappa shape index (κ1) is 23.2. The molecule has 1 aromatic heterocycles. The van der Waals surface area contributed by atoms with Crippen LogP contribution in [0.25, 0.3) is 0 Å². The average Bonchev–Trinajstić information content (AvgIpc) is 2.72. The van der Waals surface area contributed by atoms with Gasteiger partial charge in [-0.25, -0.2) is 4.79 Å². The van der Waals surface area contributed by atoms with E-state index in [1.165, 1.54) is 11.1 Å². The molecule has 0 aliphatic carbocycles. The molecule has 1 amide bonds. The normalized spacial score (nSPS) is 17.1. The van der Waals surface area contributed by atoms with Crippen LogP contribution in [-0.4, -0.2) is 58.9 Å². The van der Waals surface area contributed by atoms with Gasteiger partial charge < -0.3 is 14.8 Å². The lowest BCUT2D eigenvalue weighted by Crippen LogP contribution is -2.42. The van der Waals surface area contributed by atoms with Gasteiger partial charge in [0.2, 0.25) is 0 Å². The number of carbonyl (C=O) groups is 1. The van der Waals surface area contributed by atoms with Crippen LogP contribution < -0.4 is 5.69 Å². The zero-order valence-electron chi connectivity index (χ0n) is 19.4. The van der Waals surface area contributed by atoms with E-state index < -0.39 is 5.69 Å². The number of carbonyl (C=O) groups excluding carboxylic acids is 1. The van der Waals surface area contributed by atoms with Gasteiger partial charge in [0.15, 0.2) is 0 Å². The minimum absolute atomic E-state index is 0.173. The van der Waals surface area contributed by atoms with Gasteiger partial charge in [-0.15, -0.1) is 0 Å². The van der Waals surface area contributed by atoms with E-state index in [4.69, 9.17) is 0 Å². The molecule has 1 unspecified atom stereocenters. The smallest absolute Gasteiger partial charge is 0.340 e. The van der Waals surface area contributed by atoms with E-state index in [0.717, 1.165) is 51.0 Å². The largest absolute Gasteiger partial charge is 0.345 e. The summed E-state index contributed by atoms with van der Waals surface area (Å²) in [5, 5.41) is 0. The van der Waals surface area contributed by atoms with Crippen LogP contribution in [0.3, 0.4) is 0 Å². The molecule has 3 rings (SSSR count). The maximum Gasteiger partial charge on any atom is 0.345 e. The molecular formula is C25H36N4O2. The molecule has 1 aliphatic rings. The maximum atomic E-state index is 12.9. The molecule has 1 aromatic carbocycles. The van der Waals surface area contributed by atoms with E-state index in [1.54, 1.807) is 11.0 Å². The number of nitrogens with zero attached hydrogens (tertiary/aromatic N) is 3. The number of aromatic nitrogens is 2. The second-order valence-corrected chi connectivity index (χ2v) is 9.37. The van der Waals surface area contributed by atoms with Crippen LogP contribution in [0.4, 0.5) is 0 Å². The second kappa shape index (κ2) is 10.7. The number of benzene rings is 1. The van der Waals surface area contributed by atoms with Gasteiger partial charge in [0.25, 0.3) is 5.91 Å². The molecule has 1 N–H and O–H groups in total. The Labute approximate surface area is 185 Å². The number of aryl methyl sites for hydroxylation is 1. The van der Waals surface area contributed by atoms with Gasteiger partial charge in [0.1, 0.15) is 5.69 Å². The molecule has 2 aromatic rings. The molecule has 0 radical (unpaired) electrons. The van der Waals surface area contributed by atoms with E-state index in [0.29, 0.717) is 18.4 Å². The minimum Gasteiger partial charge on any atom is -0.340 e. The third-order valence-corrected chi connectivity index (χ3v) is 6.09. The zero-order valence-corrected chi connectivity index (χ0v) is 19.4. The standard InChI is InChI=1S/C25H36N4O2/c1-18(2)14-22-15-23(27-25(31)26-22)24(30)28(4)16-20-9-7-12-29(17-20)13-11-21-10-6-5-8-19(21)3/h5-6,8,10,15,18,20H,7,9,11-14,16-17H2,1-4H3,(H,26,27,31). The highest BCUT2D eigenvalue weighted by Gasteiger charge is 2.24. The van der Waals surface area contributed by atoms with Crippen molar-refractivity contribution < 1.29 is 4.79 Å². The third kappa shape index (κ3) is 6.76. The van der Waals surface area contributed by atoms with Crippen molar-refractivity contribution in [1.29, 1.82) is 0 Å². The van der Waals surface area contributed by atoms with Crippen molar-refractivity contribution in [3.8, 4) is 0 Å². The number of H-pyrrole nitrogens is 1. The average molecular weight is 425 g/mol. The second-order valence-electron chi connectivity index (χ2n) is 9.37. The van der Waals surface area contributed by atoms with Gasteiger partial charge >= 0.3 is 5.69 Å². The fraction of sp³-hybridized carbons (Fsp3) is 0.560. The Morgan fingerprint density at radius 1 is 1.32 bits per heavy atom. The maximum absolute atomic E-state index is 12.9. The molecule has 1 aliphatic heterocycles. The Balaban J connectivity index is 1.56. The predicted molar refractivity (Wildman–Crippen MR) is 124 cm³/mol. The van der Waals surface area contributed by atoms with Crippen molar-refractivity contribution in [2.45, 2.75) is 46.5 Å². The summed E-state index contributed by atoms with van der Waals surface area (Å²) in [5.41, 5.74) is 3.33. The molecule has 6 heteroatoms. The predicted octanol–water partition coefficient (Wildman–Crippen LogP) is 3.30. The highest BCUT2D eigenvalue weighted by molar-refractivity contribution is 5.92. The Morgan fingerprint density at radius 2 is 2.10 bits per heavy atom. The molecule has 6 nitrogen and oxygen atoms in total. The number of aromatic amines is 1. The van der Waals surface area contributed by atoms with Crippen LogP contribution >= 0.6 is 0 Å². The number of hydrogen-bond acceptors (Lipinski definition) is 4. The summed E-state index contributed by atoms with van der Waals surface area (Å²) in [4.78, 5) is 35.8. The first-order valence-corrected chi connectivity index (χ1v) is 11.4. The molecule has 1 saturated heterocycles. The third-order valence-electron chi connectivity index (χ3n) is 6.09. The van der Waals surface area contributed by atoms with E-state index in [1.807, 2.05) is 7.05 Å². The Morgan fingerprint density at radius 3 is 2.84 bits per heavy atom. The molecule has 2 heterocycles. The zero-order chi connectivity index (χ0) is 22.4. The number of nitrogens with one attached hydrogen (secondary N) is 1. The van der Waals surface area contributed by atoms with E-state index in [2.05, 4.69) is 59.9 Å². The van der Waals surface area contributed by atoms with Crippen molar-refractivity contribution in [2.75, 3.05) is 33.2 Å². The van der Waals surface area contributed by atoms with Crippen LogP contribution in [-0.2, 0) is 12.8 Å². The summed E-state index contributed by atoms with van der Waals surface area (Å²) < 4.78 is 0. The Kier molecular flexibility index (Phi) is 8.02. The van der Waals surface area contributed by atoms with Crippen LogP contribution in [0.2, 0.25) is 0 Å². The quantitative estimate of drug-likeness (QED) is 0.706. The summed E-state index contributed by atoms with van der Waals surface area (Å²) in [5.74, 6) is 0.663. The van der Waals surface area contributed by atoms with E-state index in [-0.39, 0.29) is 11.6 Å². The van der Waals surface area contributed by atoms with Crippen LogP contribution in [0.5, 0.6) is 0 Å². The lowest BCUT2D eigenvalue weighted by atomic mass is 9.96. The van der Waals surface area contributed by atoms with Crippen LogP contribution in [0, 0.1) is 18.8 Å². The molecule has 31 heavy (non-hydrogen) atoms. The minimum atomic E-state index is -0.449.